The molecule has 1 aliphatic heterocycles. The second-order valence-corrected chi connectivity index (χ2v) is 8.43. The van der Waals surface area contributed by atoms with E-state index in [0.717, 1.165) is 23.5 Å². The van der Waals surface area contributed by atoms with Crippen LogP contribution in [0.15, 0.2) is 30.2 Å². The smallest absolute Gasteiger partial charge is 0.167 e. The first-order valence-corrected chi connectivity index (χ1v) is 10.4. The summed E-state index contributed by atoms with van der Waals surface area (Å²) < 4.78 is 8.10. The number of aliphatic hydroxyl groups excluding tert-OH is 1. The molecule has 0 radical (unpaired) electrons. The van der Waals surface area contributed by atoms with Crippen LogP contribution in [0.2, 0.25) is 0 Å². The Hall–Kier alpha value is -2.07. The average Bonchev–Trinajstić information content (AvgIpc) is 3.36. The third kappa shape index (κ3) is 3.75. The van der Waals surface area contributed by atoms with Crippen LogP contribution in [0.4, 0.5) is 5.82 Å². The Morgan fingerprint density at radius 3 is 2.89 bits per heavy atom. The number of aliphatic hydroxyl groups is 1. The Balaban J connectivity index is 1.63. The summed E-state index contributed by atoms with van der Waals surface area (Å²) in [5.41, 5.74) is 1.51. The zero-order valence-corrected chi connectivity index (χ0v) is 17.2. The molecule has 0 aromatic carbocycles. The zero-order chi connectivity index (χ0) is 19.7. The Bertz CT molecular complexity index is 912. The van der Waals surface area contributed by atoms with Gasteiger partial charge in [-0.25, -0.2) is 15.0 Å². The molecule has 150 valence electrons. The lowest BCUT2D eigenvalue weighted by atomic mass is 10.2. The third-order valence-corrected chi connectivity index (χ3v) is 6.01. The van der Waals surface area contributed by atoms with Gasteiger partial charge in [0.2, 0.25) is 0 Å². The van der Waals surface area contributed by atoms with Crippen molar-refractivity contribution in [2.24, 2.45) is 0 Å². The van der Waals surface area contributed by atoms with Crippen molar-refractivity contribution in [1.82, 2.24) is 24.4 Å². The van der Waals surface area contributed by atoms with Gasteiger partial charge in [0.25, 0.3) is 0 Å². The number of morpholine rings is 1. The molecular weight excluding hydrogens is 376 g/mol. The normalized spacial score (nSPS) is 20.9. The first-order valence-electron chi connectivity index (χ1n) is 9.48. The van der Waals surface area contributed by atoms with E-state index in [1.54, 1.807) is 24.0 Å². The summed E-state index contributed by atoms with van der Waals surface area (Å²) in [5.74, 6) is 0.809. The summed E-state index contributed by atoms with van der Waals surface area (Å²) in [6.45, 7) is 6.47. The van der Waals surface area contributed by atoms with Gasteiger partial charge in [0, 0.05) is 37.6 Å². The lowest BCUT2D eigenvalue weighted by Crippen LogP contribution is -2.46. The first kappa shape index (κ1) is 19.3. The maximum atomic E-state index is 9.74. The summed E-state index contributed by atoms with van der Waals surface area (Å²) in [4.78, 5) is 19.2. The van der Waals surface area contributed by atoms with Gasteiger partial charge in [-0.1, -0.05) is 6.07 Å². The molecule has 3 aromatic rings. The Morgan fingerprint density at radius 1 is 1.32 bits per heavy atom. The second kappa shape index (κ2) is 8.12. The molecule has 1 aliphatic rings. The summed E-state index contributed by atoms with van der Waals surface area (Å²) in [7, 11) is 2.01. The minimum absolute atomic E-state index is 0.0135. The lowest BCUT2D eigenvalue weighted by molar-refractivity contribution is -0.135. The van der Waals surface area contributed by atoms with Gasteiger partial charge in [0.15, 0.2) is 17.0 Å². The van der Waals surface area contributed by atoms with E-state index in [1.165, 1.54) is 4.88 Å². The van der Waals surface area contributed by atoms with Gasteiger partial charge in [-0.05, 0) is 25.3 Å². The van der Waals surface area contributed by atoms with Crippen molar-refractivity contribution in [3.05, 3.63) is 35.0 Å². The fourth-order valence-electron chi connectivity index (χ4n) is 3.45. The van der Waals surface area contributed by atoms with E-state index < -0.39 is 0 Å². The first-order chi connectivity index (χ1) is 13.6. The van der Waals surface area contributed by atoms with Gasteiger partial charge in [0.1, 0.15) is 12.6 Å². The molecule has 0 spiro atoms. The molecule has 0 saturated carbocycles. The molecule has 9 heteroatoms. The number of hydrogen-bond donors (Lipinski definition) is 1. The van der Waals surface area contributed by atoms with E-state index in [4.69, 9.17) is 4.74 Å². The highest BCUT2D eigenvalue weighted by atomic mass is 32.1. The maximum Gasteiger partial charge on any atom is 0.167 e. The van der Waals surface area contributed by atoms with Crippen molar-refractivity contribution in [3.8, 4) is 0 Å². The number of aromatic nitrogens is 4. The van der Waals surface area contributed by atoms with Crippen LogP contribution in [-0.4, -0.2) is 68.4 Å². The summed E-state index contributed by atoms with van der Waals surface area (Å²) in [6.07, 6.45) is 2.84. The average molecular weight is 403 g/mol. The van der Waals surface area contributed by atoms with E-state index in [2.05, 4.69) is 56.1 Å². The van der Waals surface area contributed by atoms with Gasteiger partial charge in [0.05, 0.1) is 19.0 Å². The van der Waals surface area contributed by atoms with Crippen LogP contribution < -0.4 is 4.90 Å². The van der Waals surface area contributed by atoms with Crippen molar-refractivity contribution < 1.29 is 9.84 Å². The third-order valence-electron chi connectivity index (χ3n) is 5.15. The molecule has 4 heterocycles. The number of anilines is 1. The topological polar surface area (TPSA) is 79.5 Å². The lowest BCUT2D eigenvalue weighted by Gasteiger charge is -2.37. The summed E-state index contributed by atoms with van der Waals surface area (Å²) in [5, 5.41) is 11.8. The molecule has 0 amide bonds. The fraction of sp³-hybridized carbons (Fsp3) is 0.526. The van der Waals surface area contributed by atoms with Gasteiger partial charge in [-0.15, -0.1) is 11.3 Å². The minimum Gasteiger partial charge on any atom is -0.394 e. The zero-order valence-electron chi connectivity index (χ0n) is 16.4. The van der Waals surface area contributed by atoms with Crippen molar-refractivity contribution in [1.29, 1.82) is 0 Å². The van der Waals surface area contributed by atoms with E-state index in [1.807, 2.05) is 11.6 Å². The molecule has 0 bridgehead atoms. The number of rotatable bonds is 6. The predicted molar refractivity (Wildman–Crippen MR) is 109 cm³/mol. The van der Waals surface area contributed by atoms with Gasteiger partial charge in [-0.2, -0.15) is 0 Å². The number of thiophene rings is 1. The molecule has 1 saturated heterocycles. The standard InChI is InChI=1S/C19H26N6O2S/c1-13(2)23(3)18-17-19(21-11-20-18)25(12-22-17)16-9-24(7-14(10-26)27-16)8-15-5-4-6-28-15/h4-6,11-14,16,26H,7-10H2,1-3H3/t14-,16+/m0/s1. The number of nitrogens with zero attached hydrogens (tertiary/aromatic N) is 6. The molecule has 0 aliphatic carbocycles. The Kier molecular flexibility index (Phi) is 5.58. The highest BCUT2D eigenvalue weighted by Crippen LogP contribution is 2.28. The molecule has 0 unspecified atom stereocenters. The molecule has 8 nitrogen and oxygen atoms in total. The van der Waals surface area contributed by atoms with Crippen LogP contribution >= 0.6 is 11.3 Å². The van der Waals surface area contributed by atoms with Crippen LogP contribution in [0.1, 0.15) is 25.0 Å². The van der Waals surface area contributed by atoms with Crippen molar-refractivity contribution in [2.75, 3.05) is 31.6 Å². The molecule has 3 aromatic heterocycles. The number of hydrogen-bond acceptors (Lipinski definition) is 8. The quantitative estimate of drug-likeness (QED) is 0.676. The molecule has 1 N–H and O–H groups in total. The summed E-state index contributed by atoms with van der Waals surface area (Å²) >= 11 is 1.74. The Labute approximate surface area is 168 Å². The largest absolute Gasteiger partial charge is 0.394 e. The molecule has 4 rings (SSSR count). The van der Waals surface area contributed by atoms with Crippen molar-refractivity contribution in [3.63, 3.8) is 0 Å². The molecule has 28 heavy (non-hydrogen) atoms. The van der Waals surface area contributed by atoms with E-state index in [-0.39, 0.29) is 18.9 Å². The minimum atomic E-state index is -0.261. The van der Waals surface area contributed by atoms with Crippen molar-refractivity contribution in [2.45, 2.75) is 38.8 Å². The highest BCUT2D eigenvalue weighted by molar-refractivity contribution is 7.09. The number of imidazole rings is 1. The van der Waals surface area contributed by atoms with E-state index >= 15 is 0 Å². The molecule has 1 fully saturated rings. The van der Waals surface area contributed by atoms with Crippen molar-refractivity contribution >= 4 is 28.3 Å². The predicted octanol–water partition coefficient (Wildman–Crippen LogP) is 2.12. The Morgan fingerprint density at radius 2 is 2.18 bits per heavy atom. The summed E-state index contributed by atoms with van der Waals surface area (Å²) in [6, 6.07) is 4.50. The molecule has 2 atom stereocenters. The highest BCUT2D eigenvalue weighted by Gasteiger charge is 2.30. The molecular formula is C19H26N6O2S. The second-order valence-electron chi connectivity index (χ2n) is 7.39. The number of ether oxygens (including phenoxy) is 1. The van der Waals surface area contributed by atoms with Crippen LogP contribution in [0, 0.1) is 0 Å². The van der Waals surface area contributed by atoms with Gasteiger partial charge in [-0.3, -0.25) is 9.47 Å². The van der Waals surface area contributed by atoms with Crippen LogP contribution in [0.25, 0.3) is 11.2 Å². The van der Waals surface area contributed by atoms with E-state index in [9.17, 15) is 5.11 Å². The fourth-order valence-corrected chi connectivity index (χ4v) is 4.20. The van der Waals surface area contributed by atoms with Gasteiger partial charge < -0.3 is 14.7 Å². The monoisotopic (exact) mass is 402 g/mol. The van der Waals surface area contributed by atoms with Crippen LogP contribution in [0.3, 0.4) is 0 Å². The number of fused-ring (bicyclic) bond motifs is 1. The van der Waals surface area contributed by atoms with E-state index in [0.29, 0.717) is 19.1 Å². The van der Waals surface area contributed by atoms with Crippen LogP contribution in [0.5, 0.6) is 0 Å². The SMILES string of the molecule is CC(C)N(C)c1ncnc2c1ncn2[C@H]1CN(Cc2cccs2)C[C@@H](CO)O1. The maximum absolute atomic E-state index is 9.74. The van der Waals surface area contributed by atoms with Crippen LogP contribution in [-0.2, 0) is 11.3 Å². The van der Waals surface area contributed by atoms with Gasteiger partial charge >= 0.3 is 0 Å².